The lowest BCUT2D eigenvalue weighted by Crippen LogP contribution is -2.89. The molecule has 1 saturated heterocycles. The first kappa shape index (κ1) is 19.8. The third-order valence-electron chi connectivity index (χ3n) is 5.68. The third-order valence-corrected chi connectivity index (χ3v) is 5.68. The second-order valence-electron chi connectivity index (χ2n) is 7.82. The Kier molecular flexibility index (Phi) is 5.51. The zero-order chi connectivity index (χ0) is 20.4. The molecule has 2 heterocycles. The molecule has 1 aliphatic carbocycles. The standard InChI is InChI=1S/C20H24F2N4O3/c21-14-9-15(22)11-16(10-14)26-19(28)18(29-13-20(1-2-20)3-8-27)17(12-24-26)25-6-4-23-5-7-25/h9-12,23,27H,1-8,13H2/p+1. The fraction of sp³-hybridized carbons (Fsp3) is 0.500. The predicted molar refractivity (Wildman–Crippen MR) is 102 cm³/mol. The number of halogens is 2. The molecule has 1 aromatic heterocycles. The van der Waals surface area contributed by atoms with Crippen molar-refractivity contribution < 1.29 is 23.9 Å². The smallest absolute Gasteiger partial charge is 0.316 e. The van der Waals surface area contributed by atoms with Crippen LogP contribution >= 0.6 is 0 Å². The maximum absolute atomic E-state index is 13.7. The Bertz CT molecular complexity index is 920. The van der Waals surface area contributed by atoms with Crippen molar-refractivity contribution in [3.05, 3.63) is 46.4 Å². The molecule has 0 amide bonds. The third kappa shape index (κ3) is 4.25. The summed E-state index contributed by atoms with van der Waals surface area (Å²) in [4.78, 5) is 15.2. The summed E-state index contributed by atoms with van der Waals surface area (Å²) in [5, 5.41) is 15.6. The summed E-state index contributed by atoms with van der Waals surface area (Å²) in [5.74, 6) is -1.44. The number of aliphatic hydroxyl groups is 1. The summed E-state index contributed by atoms with van der Waals surface area (Å²) in [6, 6.07) is 2.87. The minimum absolute atomic E-state index is 0.00682. The largest absolute Gasteiger partial charge is 0.486 e. The van der Waals surface area contributed by atoms with Gasteiger partial charge in [-0.3, -0.25) is 4.79 Å². The summed E-state index contributed by atoms with van der Waals surface area (Å²) in [6.45, 7) is 3.67. The minimum Gasteiger partial charge on any atom is -0.486 e. The Balaban J connectivity index is 1.72. The molecule has 3 N–H and O–H groups in total. The van der Waals surface area contributed by atoms with Crippen molar-refractivity contribution in [3.8, 4) is 11.4 Å². The van der Waals surface area contributed by atoms with Gasteiger partial charge in [0, 0.05) is 18.1 Å². The number of rotatable bonds is 7. The van der Waals surface area contributed by atoms with Gasteiger partial charge < -0.3 is 20.1 Å². The second kappa shape index (κ2) is 8.08. The number of aliphatic hydroxyl groups excluding tert-OH is 1. The Morgan fingerprint density at radius 1 is 1.17 bits per heavy atom. The lowest BCUT2D eigenvalue weighted by atomic mass is 10.1. The first-order valence-electron chi connectivity index (χ1n) is 9.90. The van der Waals surface area contributed by atoms with Gasteiger partial charge in [0.1, 0.15) is 17.3 Å². The van der Waals surface area contributed by atoms with Gasteiger partial charge in [-0.05, 0) is 31.4 Å². The number of quaternary nitrogens is 1. The molecule has 0 atom stereocenters. The van der Waals surface area contributed by atoms with Crippen LogP contribution in [-0.2, 0) is 0 Å². The molecular weight excluding hydrogens is 382 g/mol. The van der Waals surface area contributed by atoms with Gasteiger partial charge in [-0.25, -0.2) is 8.78 Å². The highest BCUT2D eigenvalue weighted by Gasteiger charge is 2.43. The molecule has 2 fully saturated rings. The highest BCUT2D eigenvalue weighted by Crippen LogP contribution is 2.49. The molecule has 9 heteroatoms. The minimum atomic E-state index is -0.785. The van der Waals surface area contributed by atoms with E-state index in [-0.39, 0.29) is 23.5 Å². The van der Waals surface area contributed by atoms with Crippen LogP contribution in [0.2, 0.25) is 0 Å². The Morgan fingerprint density at radius 2 is 1.86 bits per heavy atom. The summed E-state index contributed by atoms with van der Waals surface area (Å²) in [5.41, 5.74) is -0.0574. The predicted octanol–water partition coefficient (Wildman–Crippen LogP) is 0.436. The molecule has 4 rings (SSSR count). The van der Waals surface area contributed by atoms with Crippen LogP contribution in [0.1, 0.15) is 19.3 Å². The summed E-state index contributed by atoms with van der Waals surface area (Å²) >= 11 is 0. The fourth-order valence-corrected chi connectivity index (χ4v) is 3.73. The number of aromatic nitrogens is 2. The van der Waals surface area contributed by atoms with Crippen LogP contribution in [0.5, 0.6) is 5.75 Å². The van der Waals surface area contributed by atoms with E-state index in [2.05, 4.69) is 10.4 Å². The SMILES string of the molecule is O=c1c(OCC2(CCO)CC2)c(N2CC[NH2+]CC2)cnn1-c1cc(F)cc(F)c1. The van der Waals surface area contributed by atoms with E-state index < -0.39 is 17.2 Å². The van der Waals surface area contributed by atoms with Crippen LogP contribution in [0.3, 0.4) is 0 Å². The van der Waals surface area contributed by atoms with E-state index >= 15 is 0 Å². The molecule has 2 aliphatic rings. The monoisotopic (exact) mass is 407 g/mol. The van der Waals surface area contributed by atoms with Crippen LogP contribution in [-0.4, -0.2) is 54.3 Å². The molecule has 1 saturated carbocycles. The van der Waals surface area contributed by atoms with Crippen molar-refractivity contribution in [1.82, 2.24) is 9.78 Å². The lowest BCUT2D eigenvalue weighted by Gasteiger charge is -2.29. The molecule has 2 aromatic rings. The Morgan fingerprint density at radius 3 is 2.48 bits per heavy atom. The molecule has 0 bridgehead atoms. The van der Waals surface area contributed by atoms with Crippen molar-refractivity contribution in [1.29, 1.82) is 0 Å². The first-order chi connectivity index (χ1) is 14.0. The zero-order valence-corrected chi connectivity index (χ0v) is 16.1. The second-order valence-corrected chi connectivity index (χ2v) is 7.82. The number of benzene rings is 1. The topological polar surface area (TPSA) is 84.2 Å². The molecule has 156 valence electrons. The van der Waals surface area contributed by atoms with E-state index in [4.69, 9.17) is 4.74 Å². The number of ether oxygens (including phenoxy) is 1. The molecule has 1 aliphatic heterocycles. The summed E-state index contributed by atoms with van der Waals surface area (Å²) < 4.78 is 34.3. The van der Waals surface area contributed by atoms with Gasteiger partial charge >= 0.3 is 5.56 Å². The van der Waals surface area contributed by atoms with Crippen LogP contribution < -0.4 is 20.5 Å². The van der Waals surface area contributed by atoms with E-state index in [0.717, 1.165) is 61.9 Å². The highest BCUT2D eigenvalue weighted by atomic mass is 19.1. The van der Waals surface area contributed by atoms with Gasteiger partial charge in [0.15, 0.2) is 0 Å². The number of hydrogen-bond acceptors (Lipinski definition) is 5. The van der Waals surface area contributed by atoms with Gasteiger partial charge in [0.2, 0.25) is 5.75 Å². The number of nitrogens with two attached hydrogens (primary N) is 1. The fourth-order valence-electron chi connectivity index (χ4n) is 3.73. The summed E-state index contributed by atoms with van der Waals surface area (Å²) in [6.07, 6.45) is 4.03. The van der Waals surface area contributed by atoms with Gasteiger partial charge in [-0.15, -0.1) is 0 Å². The number of nitrogens with zero attached hydrogens (tertiary/aromatic N) is 3. The molecule has 0 spiro atoms. The maximum Gasteiger partial charge on any atom is 0.316 e. The van der Waals surface area contributed by atoms with Crippen LogP contribution in [0, 0.1) is 17.0 Å². The molecule has 0 unspecified atom stereocenters. The molecule has 0 radical (unpaired) electrons. The van der Waals surface area contributed by atoms with Crippen molar-refractivity contribution >= 4 is 5.69 Å². The van der Waals surface area contributed by atoms with E-state index in [1.807, 2.05) is 4.90 Å². The van der Waals surface area contributed by atoms with Crippen molar-refractivity contribution in [2.45, 2.75) is 19.3 Å². The number of anilines is 1. The van der Waals surface area contributed by atoms with Gasteiger partial charge in [0.25, 0.3) is 0 Å². The molecule has 29 heavy (non-hydrogen) atoms. The van der Waals surface area contributed by atoms with Crippen molar-refractivity contribution in [2.24, 2.45) is 5.41 Å². The maximum atomic E-state index is 13.7. The van der Waals surface area contributed by atoms with Gasteiger partial charge in [0.05, 0.1) is 44.7 Å². The lowest BCUT2D eigenvalue weighted by molar-refractivity contribution is -0.655. The zero-order valence-electron chi connectivity index (χ0n) is 16.1. The molecule has 1 aromatic carbocycles. The van der Waals surface area contributed by atoms with Crippen molar-refractivity contribution in [2.75, 3.05) is 44.3 Å². The average molecular weight is 407 g/mol. The number of piperazine rings is 1. The molecule has 7 nitrogen and oxygen atoms in total. The highest BCUT2D eigenvalue weighted by molar-refractivity contribution is 5.57. The van der Waals surface area contributed by atoms with Crippen molar-refractivity contribution in [3.63, 3.8) is 0 Å². The average Bonchev–Trinajstić information content (AvgIpc) is 3.46. The van der Waals surface area contributed by atoms with E-state index in [1.165, 1.54) is 6.20 Å². The Hall–Kier alpha value is -2.52. The van der Waals surface area contributed by atoms with Crippen LogP contribution in [0.15, 0.2) is 29.2 Å². The number of hydrogen-bond donors (Lipinski definition) is 2. The van der Waals surface area contributed by atoms with Gasteiger partial charge in [-0.2, -0.15) is 9.78 Å². The first-order valence-corrected chi connectivity index (χ1v) is 9.90. The molecular formula is C20H25F2N4O3+. The van der Waals surface area contributed by atoms with E-state index in [1.54, 1.807) is 0 Å². The normalized spacial score (nSPS) is 18.0. The van der Waals surface area contributed by atoms with Gasteiger partial charge in [-0.1, -0.05) is 0 Å². The van der Waals surface area contributed by atoms with Crippen LogP contribution in [0.4, 0.5) is 14.5 Å². The summed E-state index contributed by atoms with van der Waals surface area (Å²) in [7, 11) is 0. The van der Waals surface area contributed by atoms with E-state index in [9.17, 15) is 18.7 Å². The quantitative estimate of drug-likeness (QED) is 0.696. The Labute approximate surface area is 166 Å². The van der Waals surface area contributed by atoms with E-state index in [0.29, 0.717) is 18.7 Å². The van der Waals surface area contributed by atoms with Crippen LogP contribution in [0.25, 0.3) is 5.69 Å².